The number of amides is 1. The summed E-state index contributed by atoms with van der Waals surface area (Å²) in [6.07, 6.45) is -0.0105. The highest BCUT2D eigenvalue weighted by atomic mass is 79.9. The van der Waals surface area contributed by atoms with E-state index in [9.17, 15) is 13.6 Å². The fourth-order valence-corrected chi connectivity index (χ4v) is 1.93. The van der Waals surface area contributed by atoms with Crippen molar-refractivity contribution >= 4 is 21.8 Å². The fourth-order valence-electron chi connectivity index (χ4n) is 1.50. The predicted molar refractivity (Wildman–Crippen MR) is 72.9 cm³/mol. The van der Waals surface area contributed by atoms with Gasteiger partial charge in [0.15, 0.2) is 0 Å². The number of carbonyl (C=O) groups excluding carboxylic acids is 1. The minimum atomic E-state index is -2.69. The predicted octanol–water partition coefficient (Wildman–Crippen LogP) is 3.62. The van der Waals surface area contributed by atoms with Gasteiger partial charge in [0, 0.05) is 17.4 Å². The monoisotopic (exact) mass is 335 g/mol. The smallest absolute Gasteiger partial charge is 0.252 e. The van der Waals surface area contributed by atoms with Crippen LogP contribution in [0.3, 0.4) is 0 Å². The maximum Gasteiger partial charge on any atom is 0.252 e. The average Bonchev–Trinajstić information content (AvgIpc) is 2.34. The van der Waals surface area contributed by atoms with Crippen LogP contribution in [0.1, 0.15) is 30.1 Å². The molecule has 6 heteroatoms. The van der Waals surface area contributed by atoms with Crippen molar-refractivity contribution in [2.75, 3.05) is 13.7 Å². The zero-order chi connectivity index (χ0) is 14.5. The highest BCUT2D eigenvalue weighted by Gasteiger charge is 2.20. The zero-order valence-electron chi connectivity index (χ0n) is 10.8. The van der Waals surface area contributed by atoms with Crippen molar-refractivity contribution in [3.05, 3.63) is 28.2 Å². The molecule has 19 heavy (non-hydrogen) atoms. The maximum absolute atomic E-state index is 12.6. The lowest BCUT2D eigenvalue weighted by Gasteiger charge is -2.11. The molecule has 106 valence electrons. The Morgan fingerprint density at radius 3 is 2.74 bits per heavy atom. The summed E-state index contributed by atoms with van der Waals surface area (Å²) in [5.74, 6) is -2.44. The first-order valence-corrected chi connectivity index (χ1v) is 6.62. The van der Waals surface area contributed by atoms with Crippen LogP contribution in [0.2, 0.25) is 0 Å². The van der Waals surface area contributed by atoms with Crippen molar-refractivity contribution in [3.63, 3.8) is 0 Å². The molecule has 0 aliphatic heterocycles. The molecule has 0 aliphatic rings. The Bertz CT molecular complexity index is 447. The van der Waals surface area contributed by atoms with Crippen LogP contribution in [0.4, 0.5) is 8.78 Å². The van der Waals surface area contributed by atoms with Gasteiger partial charge in [0.25, 0.3) is 5.91 Å². The summed E-state index contributed by atoms with van der Waals surface area (Å²) in [7, 11) is 1.51. The van der Waals surface area contributed by atoms with Gasteiger partial charge in [-0.15, -0.1) is 0 Å². The van der Waals surface area contributed by atoms with Crippen molar-refractivity contribution in [2.24, 2.45) is 0 Å². The molecule has 0 heterocycles. The molecule has 1 amide bonds. The van der Waals surface area contributed by atoms with Crippen LogP contribution in [0.5, 0.6) is 5.75 Å². The van der Waals surface area contributed by atoms with Crippen molar-refractivity contribution in [2.45, 2.75) is 25.7 Å². The van der Waals surface area contributed by atoms with Crippen molar-refractivity contribution in [1.82, 2.24) is 5.32 Å². The van der Waals surface area contributed by atoms with E-state index in [1.165, 1.54) is 7.11 Å². The van der Waals surface area contributed by atoms with Gasteiger partial charge in [-0.2, -0.15) is 0 Å². The van der Waals surface area contributed by atoms with Gasteiger partial charge in [-0.05, 0) is 47.5 Å². The summed E-state index contributed by atoms with van der Waals surface area (Å²) in [5, 5.41) is 2.61. The summed E-state index contributed by atoms with van der Waals surface area (Å²) in [6, 6.07) is 5.01. The third-order valence-electron chi connectivity index (χ3n) is 2.50. The summed E-state index contributed by atoms with van der Waals surface area (Å²) >= 11 is 3.26. The molecule has 1 rings (SSSR count). The Morgan fingerprint density at radius 2 is 2.16 bits per heavy atom. The summed E-state index contributed by atoms with van der Waals surface area (Å²) < 4.78 is 30.9. The highest BCUT2D eigenvalue weighted by Crippen LogP contribution is 2.22. The van der Waals surface area contributed by atoms with Gasteiger partial charge < -0.3 is 10.1 Å². The van der Waals surface area contributed by atoms with E-state index in [2.05, 4.69) is 21.2 Å². The molecule has 0 saturated heterocycles. The van der Waals surface area contributed by atoms with Gasteiger partial charge in [-0.3, -0.25) is 4.79 Å². The van der Waals surface area contributed by atoms with E-state index in [0.717, 1.165) is 6.92 Å². The number of hydrogen-bond acceptors (Lipinski definition) is 2. The third kappa shape index (κ3) is 5.55. The zero-order valence-corrected chi connectivity index (χ0v) is 12.4. The largest absolute Gasteiger partial charge is 0.497 e. The number of carbonyl (C=O) groups is 1. The number of benzene rings is 1. The molecular formula is C13H16BrF2NO2. The molecule has 0 aromatic heterocycles. The number of methoxy groups -OCH3 is 1. The first-order valence-electron chi connectivity index (χ1n) is 5.83. The number of rotatable bonds is 6. The van der Waals surface area contributed by atoms with Gasteiger partial charge in [0.05, 0.1) is 12.7 Å². The molecule has 1 N–H and O–H groups in total. The van der Waals surface area contributed by atoms with E-state index >= 15 is 0 Å². The first-order chi connectivity index (χ1) is 8.83. The van der Waals surface area contributed by atoms with Crippen LogP contribution in [-0.2, 0) is 0 Å². The van der Waals surface area contributed by atoms with Crippen LogP contribution in [0.15, 0.2) is 22.7 Å². The second-order valence-electron chi connectivity index (χ2n) is 4.28. The number of halogens is 3. The molecule has 0 bridgehead atoms. The molecule has 0 aliphatic carbocycles. The van der Waals surface area contributed by atoms with Crippen LogP contribution < -0.4 is 10.1 Å². The van der Waals surface area contributed by atoms with Gasteiger partial charge in [-0.25, -0.2) is 8.78 Å². The molecule has 0 fully saturated rings. The topological polar surface area (TPSA) is 38.3 Å². The standard InChI is InChI=1S/C13H16BrF2NO2/c1-13(15,16)6-3-7-17-12(18)10-8-9(19-2)4-5-11(10)14/h4-5,8H,3,6-7H2,1-2H3,(H,17,18). The molecular weight excluding hydrogens is 320 g/mol. The number of ether oxygens (including phenoxy) is 1. The Labute approximate surface area is 119 Å². The van der Waals surface area contributed by atoms with E-state index in [4.69, 9.17) is 4.74 Å². The van der Waals surface area contributed by atoms with Gasteiger partial charge in [0.1, 0.15) is 5.75 Å². The van der Waals surface area contributed by atoms with Crippen molar-refractivity contribution in [1.29, 1.82) is 0 Å². The Kier molecular flexibility index (Phi) is 5.72. The molecule has 0 radical (unpaired) electrons. The molecule has 1 aromatic carbocycles. The van der Waals surface area contributed by atoms with Crippen LogP contribution in [0, 0.1) is 0 Å². The second-order valence-corrected chi connectivity index (χ2v) is 5.13. The van der Waals surface area contributed by atoms with E-state index in [-0.39, 0.29) is 25.3 Å². The summed E-state index contributed by atoms with van der Waals surface area (Å²) in [5.41, 5.74) is 0.419. The van der Waals surface area contributed by atoms with E-state index in [0.29, 0.717) is 15.8 Å². The third-order valence-corrected chi connectivity index (χ3v) is 3.19. The number of nitrogens with one attached hydrogen (secondary N) is 1. The van der Waals surface area contributed by atoms with Crippen LogP contribution in [0.25, 0.3) is 0 Å². The molecule has 3 nitrogen and oxygen atoms in total. The Hall–Kier alpha value is -1.17. The minimum absolute atomic E-state index is 0.214. The Balaban J connectivity index is 2.54. The summed E-state index contributed by atoms with van der Waals surface area (Å²) in [4.78, 5) is 11.9. The fraction of sp³-hybridized carbons (Fsp3) is 0.462. The quantitative estimate of drug-likeness (QED) is 0.806. The van der Waals surface area contributed by atoms with E-state index < -0.39 is 5.92 Å². The number of alkyl halides is 2. The SMILES string of the molecule is COc1ccc(Br)c(C(=O)NCCCC(C)(F)F)c1. The minimum Gasteiger partial charge on any atom is -0.497 e. The van der Waals surface area contributed by atoms with E-state index in [1.54, 1.807) is 18.2 Å². The van der Waals surface area contributed by atoms with Crippen LogP contribution >= 0.6 is 15.9 Å². The lowest BCUT2D eigenvalue weighted by molar-refractivity contribution is 0.0110. The molecule has 0 atom stereocenters. The van der Waals surface area contributed by atoms with Gasteiger partial charge in [0.2, 0.25) is 5.92 Å². The molecule has 0 unspecified atom stereocenters. The Morgan fingerprint density at radius 1 is 1.47 bits per heavy atom. The average molecular weight is 336 g/mol. The number of hydrogen-bond donors (Lipinski definition) is 1. The van der Waals surface area contributed by atoms with Gasteiger partial charge >= 0.3 is 0 Å². The van der Waals surface area contributed by atoms with Crippen LogP contribution in [-0.4, -0.2) is 25.5 Å². The first kappa shape index (κ1) is 15.9. The van der Waals surface area contributed by atoms with E-state index in [1.807, 2.05) is 0 Å². The molecule has 0 saturated carbocycles. The van der Waals surface area contributed by atoms with Crippen molar-refractivity contribution in [3.8, 4) is 5.75 Å². The van der Waals surface area contributed by atoms with Crippen molar-refractivity contribution < 1.29 is 18.3 Å². The highest BCUT2D eigenvalue weighted by molar-refractivity contribution is 9.10. The van der Waals surface area contributed by atoms with Gasteiger partial charge in [-0.1, -0.05) is 0 Å². The maximum atomic E-state index is 12.6. The summed E-state index contributed by atoms with van der Waals surface area (Å²) in [6.45, 7) is 1.08. The lowest BCUT2D eigenvalue weighted by atomic mass is 10.2. The normalized spacial score (nSPS) is 11.2. The molecule has 1 aromatic rings. The second kappa shape index (κ2) is 6.84. The lowest BCUT2D eigenvalue weighted by Crippen LogP contribution is -2.26. The molecule has 0 spiro atoms.